The Morgan fingerprint density at radius 3 is 0.906 bits per heavy atom. The molecule has 1 atom stereocenters. The monoisotopic (exact) mass is 899 g/mol. The standard InChI is InChI=1S/C58H106O6/c1-4-7-10-13-16-19-22-24-26-28-29-30-32-33-36-39-42-45-48-51-57(60)63-54-55(53-62-56(59)50-47-44-41-38-35-21-18-15-12-9-6-3)64-58(61)52-49-46-43-40-37-34-31-27-25-23-20-17-14-11-8-5-2/h16,19,24,26-27,31,55H,4-15,17-18,20-23,25,28-30,32-54H2,1-3H3/b19-16-,26-24-,31-27-. The van der Waals surface area contributed by atoms with Gasteiger partial charge in [0.25, 0.3) is 0 Å². The molecule has 0 saturated heterocycles. The van der Waals surface area contributed by atoms with E-state index >= 15 is 0 Å². The average molecular weight is 899 g/mol. The number of hydrogen-bond acceptors (Lipinski definition) is 6. The SMILES string of the molecule is CCCCC/C=C\C/C=C\CCCCCCCCCCCC(=O)OCC(COC(=O)CCCCCCCCCCCCC)OC(=O)CCCCCCC/C=C\CCCCCCCCC. The normalized spacial score (nSPS) is 12.2. The summed E-state index contributed by atoms with van der Waals surface area (Å²) in [5.41, 5.74) is 0. The summed E-state index contributed by atoms with van der Waals surface area (Å²) >= 11 is 0. The molecule has 0 spiro atoms. The van der Waals surface area contributed by atoms with Crippen LogP contribution in [0.2, 0.25) is 0 Å². The highest BCUT2D eigenvalue weighted by molar-refractivity contribution is 5.71. The fourth-order valence-electron chi connectivity index (χ4n) is 8.12. The van der Waals surface area contributed by atoms with Gasteiger partial charge in [0.1, 0.15) is 13.2 Å². The topological polar surface area (TPSA) is 78.9 Å². The predicted molar refractivity (Wildman–Crippen MR) is 275 cm³/mol. The third kappa shape index (κ3) is 50.6. The Kier molecular flexibility index (Phi) is 51.3. The van der Waals surface area contributed by atoms with Crippen LogP contribution in [0.25, 0.3) is 0 Å². The summed E-state index contributed by atoms with van der Waals surface area (Å²) in [6.45, 7) is 6.63. The van der Waals surface area contributed by atoms with Crippen LogP contribution in [0.1, 0.15) is 297 Å². The first-order valence-electron chi connectivity index (χ1n) is 28.0. The molecule has 64 heavy (non-hydrogen) atoms. The summed E-state index contributed by atoms with van der Waals surface area (Å²) in [4.78, 5) is 38.0. The van der Waals surface area contributed by atoms with E-state index in [2.05, 4.69) is 57.2 Å². The molecular formula is C58H106O6. The summed E-state index contributed by atoms with van der Waals surface area (Å²) in [6, 6.07) is 0. The first-order chi connectivity index (χ1) is 31.5. The number of esters is 3. The number of unbranched alkanes of at least 4 members (excludes halogenated alkanes) is 34. The van der Waals surface area contributed by atoms with Crippen molar-refractivity contribution in [1.82, 2.24) is 0 Å². The zero-order valence-corrected chi connectivity index (χ0v) is 42.8. The highest BCUT2D eigenvalue weighted by Crippen LogP contribution is 2.16. The number of rotatable bonds is 51. The molecular weight excluding hydrogens is 793 g/mol. The van der Waals surface area contributed by atoms with Crippen molar-refractivity contribution in [2.24, 2.45) is 0 Å². The summed E-state index contributed by atoms with van der Waals surface area (Å²) in [7, 11) is 0. The van der Waals surface area contributed by atoms with Crippen LogP contribution in [-0.2, 0) is 28.6 Å². The molecule has 0 heterocycles. The molecule has 0 aliphatic rings. The van der Waals surface area contributed by atoms with Crippen molar-refractivity contribution in [2.75, 3.05) is 13.2 Å². The molecule has 0 radical (unpaired) electrons. The van der Waals surface area contributed by atoms with Crippen LogP contribution in [0.5, 0.6) is 0 Å². The van der Waals surface area contributed by atoms with E-state index in [9.17, 15) is 14.4 Å². The lowest BCUT2D eigenvalue weighted by molar-refractivity contribution is -0.167. The lowest BCUT2D eigenvalue weighted by atomic mass is 10.1. The molecule has 0 bridgehead atoms. The average Bonchev–Trinajstić information content (AvgIpc) is 3.29. The summed E-state index contributed by atoms with van der Waals surface area (Å²) in [5.74, 6) is -0.873. The Hall–Kier alpha value is -2.37. The minimum atomic E-state index is -0.774. The van der Waals surface area contributed by atoms with E-state index in [1.54, 1.807) is 0 Å². The van der Waals surface area contributed by atoms with Crippen LogP contribution in [0.3, 0.4) is 0 Å². The van der Waals surface area contributed by atoms with Crippen LogP contribution in [0.4, 0.5) is 0 Å². The maximum absolute atomic E-state index is 12.8. The van der Waals surface area contributed by atoms with Gasteiger partial charge in [-0.1, -0.05) is 237 Å². The Morgan fingerprint density at radius 1 is 0.312 bits per heavy atom. The fraction of sp³-hybridized carbons (Fsp3) is 0.845. The van der Waals surface area contributed by atoms with Crippen LogP contribution in [0.15, 0.2) is 36.5 Å². The number of allylic oxidation sites excluding steroid dienone is 6. The fourth-order valence-corrected chi connectivity index (χ4v) is 8.12. The summed E-state index contributed by atoms with van der Waals surface area (Å²) in [5, 5.41) is 0. The highest BCUT2D eigenvalue weighted by Gasteiger charge is 2.19. The summed E-state index contributed by atoms with van der Waals surface area (Å²) < 4.78 is 16.8. The van der Waals surface area contributed by atoms with Crippen molar-refractivity contribution < 1.29 is 28.6 Å². The van der Waals surface area contributed by atoms with E-state index in [0.717, 1.165) is 70.6 Å². The van der Waals surface area contributed by atoms with Gasteiger partial charge < -0.3 is 14.2 Å². The zero-order chi connectivity index (χ0) is 46.5. The van der Waals surface area contributed by atoms with Crippen molar-refractivity contribution in [1.29, 1.82) is 0 Å². The molecule has 0 saturated carbocycles. The van der Waals surface area contributed by atoms with E-state index in [4.69, 9.17) is 14.2 Å². The number of ether oxygens (including phenoxy) is 3. The Labute approximate surface area is 397 Å². The maximum atomic E-state index is 12.8. The molecule has 374 valence electrons. The van der Waals surface area contributed by atoms with Crippen LogP contribution < -0.4 is 0 Å². The van der Waals surface area contributed by atoms with Gasteiger partial charge in [0.15, 0.2) is 6.10 Å². The minimum absolute atomic E-state index is 0.0735. The number of carbonyl (C=O) groups excluding carboxylic acids is 3. The Bertz CT molecular complexity index is 1080. The van der Waals surface area contributed by atoms with E-state index < -0.39 is 6.10 Å². The van der Waals surface area contributed by atoms with Crippen molar-refractivity contribution in [3.63, 3.8) is 0 Å². The molecule has 0 rings (SSSR count). The highest BCUT2D eigenvalue weighted by atomic mass is 16.6. The van der Waals surface area contributed by atoms with Gasteiger partial charge in [0.2, 0.25) is 0 Å². The maximum Gasteiger partial charge on any atom is 0.306 e. The molecule has 6 heteroatoms. The molecule has 0 aromatic heterocycles. The van der Waals surface area contributed by atoms with Crippen molar-refractivity contribution in [2.45, 2.75) is 303 Å². The smallest absolute Gasteiger partial charge is 0.306 e. The first-order valence-corrected chi connectivity index (χ1v) is 28.0. The van der Waals surface area contributed by atoms with Gasteiger partial charge in [-0.25, -0.2) is 0 Å². The third-order valence-corrected chi connectivity index (χ3v) is 12.4. The number of hydrogen-bond donors (Lipinski definition) is 0. The predicted octanol–water partition coefficient (Wildman–Crippen LogP) is 18.5. The van der Waals surface area contributed by atoms with Crippen LogP contribution >= 0.6 is 0 Å². The van der Waals surface area contributed by atoms with Gasteiger partial charge in [-0.3, -0.25) is 14.4 Å². The largest absolute Gasteiger partial charge is 0.462 e. The second kappa shape index (κ2) is 53.2. The quantitative estimate of drug-likeness (QED) is 0.0262. The second-order valence-electron chi connectivity index (χ2n) is 18.8. The van der Waals surface area contributed by atoms with E-state index in [1.165, 1.54) is 186 Å². The van der Waals surface area contributed by atoms with Crippen LogP contribution in [0, 0.1) is 0 Å². The summed E-state index contributed by atoms with van der Waals surface area (Å²) in [6.07, 6.45) is 62.7. The zero-order valence-electron chi connectivity index (χ0n) is 42.8. The van der Waals surface area contributed by atoms with Gasteiger partial charge in [-0.05, 0) is 77.0 Å². The lowest BCUT2D eigenvalue weighted by Gasteiger charge is -2.18. The van der Waals surface area contributed by atoms with Crippen molar-refractivity contribution in [3.05, 3.63) is 36.5 Å². The molecule has 0 aromatic rings. The van der Waals surface area contributed by atoms with E-state index in [0.29, 0.717) is 19.3 Å². The van der Waals surface area contributed by atoms with E-state index in [1.807, 2.05) is 0 Å². The second-order valence-corrected chi connectivity index (χ2v) is 18.8. The van der Waals surface area contributed by atoms with Gasteiger partial charge in [-0.2, -0.15) is 0 Å². The molecule has 0 aliphatic carbocycles. The van der Waals surface area contributed by atoms with E-state index in [-0.39, 0.29) is 31.1 Å². The van der Waals surface area contributed by atoms with Gasteiger partial charge in [-0.15, -0.1) is 0 Å². The third-order valence-electron chi connectivity index (χ3n) is 12.4. The molecule has 0 amide bonds. The van der Waals surface area contributed by atoms with Gasteiger partial charge >= 0.3 is 17.9 Å². The molecule has 1 unspecified atom stereocenters. The van der Waals surface area contributed by atoms with Gasteiger partial charge in [0, 0.05) is 19.3 Å². The molecule has 0 fully saturated rings. The van der Waals surface area contributed by atoms with Gasteiger partial charge in [0.05, 0.1) is 0 Å². The molecule has 0 N–H and O–H groups in total. The molecule has 0 aliphatic heterocycles. The number of carbonyl (C=O) groups is 3. The molecule has 0 aromatic carbocycles. The Morgan fingerprint density at radius 2 is 0.562 bits per heavy atom. The Balaban J connectivity index is 4.32. The lowest BCUT2D eigenvalue weighted by Crippen LogP contribution is -2.30. The van der Waals surface area contributed by atoms with Crippen LogP contribution in [-0.4, -0.2) is 37.2 Å². The minimum Gasteiger partial charge on any atom is -0.462 e. The first kappa shape index (κ1) is 61.6. The molecule has 6 nitrogen and oxygen atoms in total. The van der Waals surface area contributed by atoms with Crippen molar-refractivity contribution >= 4 is 17.9 Å². The van der Waals surface area contributed by atoms with Crippen molar-refractivity contribution in [3.8, 4) is 0 Å².